The minimum Gasteiger partial charge on any atom is -0.384 e. The number of ketones is 1. The molecule has 0 amide bonds. The van der Waals surface area contributed by atoms with Crippen LogP contribution in [0.15, 0.2) is 36.4 Å². The lowest BCUT2D eigenvalue weighted by atomic mass is 9.95. The Bertz CT molecular complexity index is 1900. The molecule has 6 nitrogen and oxygen atoms in total. The number of rotatable bonds is 2. The van der Waals surface area contributed by atoms with Gasteiger partial charge in [-0.05, 0) is 47.5 Å². The molecule has 5 rings (SSSR count). The molecule has 0 aliphatic heterocycles. The fraction of sp³-hybridized carbons (Fsp3) is 0.0357. The van der Waals surface area contributed by atoms with Crippen LogP contribution in [-0.4, -0.2) is 10.9 Å². The number of fused-ring (bicyclic) bond motifs is 2. The van der Waals surface area contributed by atoms with Crippen molar-refractivity contribution in [1.29, 1.82) is 21.0 Å². The molecule has 0 aromatic heterocycles. The Balaban J connectivity index is 1.71. The highest BCUT2D eigenvalue weighted by Crippen LogP contribution is 2.50. The molecule has 1 N–H and O–H groups in total. The molecule has 0 fully saturated rings. The van der Waals surface area contributed by atoms with Crippen molar-refractivity contribution in [2.75, 3.05) is 0 Å². The average Bonchev–Trinajstić information content (AvgIpc) is 3.34. The summed E-state index contributed by atoms with van der Waals surface area (Å²) in [4.78, 5) is 13.3. The number of halogens is 4. The molecule has 1 atom stereocenters. The molecule has 10 heteroatoms. The van der Waals surface area contributed by atoms with Crippen LogP contribution in [0.4, 0.5) is 17.6 Å². The molecule has 3 aromatic rings. The summed E-state index contributed by atoms with van der Waals surface area (Å²) >= 11 is 0. The van der Waals surface area contributed by atoms with Crippen LogP contribution < -0.4 is 0 Å². The highest BCUT2D eigenvalue weighted by atomic mass is 19.1. The Morgan fingerprint density at radius 2 is 1.16 bits per heavy atom. The average molecular weight is 508 g/mol. The number of benzene rings is 3. The smallest absolute Gasteiger partial charge is 0.195 e. The van der Waals surface area contributed by atoms with Gasteiger partial charge in [-0.3, -0.25) is 4.79 Å². The summed E-state index contributed by atoms with van der Waals surface area (Å²) in [5.41, 5.74) is -3.81. The first-order chi connectivity index (χ1) is 18.2. The number of carbonyl (C=O) groups excluding carboxylic acids is 1. The maximum absolute atomic E-state index is 14.8. The quantitative estimate of drug-likeness (QED) is 0.479. The zero-order chi connectivity index (χ0) is 27.5. The van der Waals surface area contributed by atoms with Crippen LogP contribution in [0, 0.1) is 68.6 Å². The summed E-state index contributed by atoms with van der Waals surface area (Å²) in [5.74, 6) is -5.24. The predicted molar refractivity (Wildman–Crippen MR) is 123 cm³/mol. The van der Waals surface area contributed by atoms with Crippen molar-refractivity contribution in [2.45, 2.75) is 6.10 Å². The van der Waals surface area contributed by atoms with E-state index in [2.05, 4.69) is 0 Å². The molecule has 0 bridgehead atoms. The monoisotopic (exact) mass is 508 g/mol. The summed E-state index contributed by atoms with van der Waals surface area (Å²) in [5, 5.41) is 48.5. The van der Waals surface area contributed by atoms with E-state index in [1.165, 1.54) is 24.3 Å². The summed E-state index contributed by atoms with van der Waals surface area (Å²) < 4.78 is 58.1. The van der Waals surface area contributed by atoms with Crippen LogP contribution in [0.5, 0.6) is 0 Å². The molecular weight excluding hydrogens is 500 g/mol. The highest BCUT2D eigenvalue weighted by Gasteiger charge is 2.39. The van der Waals surface area contributed by atoms with Gasteiger partial charge < -0.3 is 5.11 Å². The SMILES string of the molecule is N#CC1=C(c2cc(F)c(C#N)cc2F)C(=O)c2cc3c(cc21)C(O)C(c1cc(F)c(C#N)cc1F)=C3C#N. The van der Waals surface area contributed by atoms with E-state index in [0.717, 1.165) is 0 Å². The minimum atomic E-state index is -1.69. The van der Waals surface area contributed by atoms with Crippen LogP contribution in [0.3, 0.4) is 0 Å². The van der Waals surface area contributed by atoms with E-state index in [1.54, 1.807) is 6.07 Å². The van der Waals surface area contributed by atoms with Gasteiger partial charge in [-0.15, -0.1) is 0 Å². The molecule has 0 radical (unpaired) electrons. The van der Waals surface area contributed by atoms with E-state index in [4.69, 9.17) is 10.5 Å². The Kier molecular flexibility index (Phi) is 5.43. The van der Waals surface area contributed by atoms with Crippen LogP contribution in [-0.2, 0) is 0 Å². The van der Waals surface area contributed by atoms with E-state index < -0.39 is 63.0 Å². The zero-order valence-corrected chi connectivity index (χ0v) is 18.7. The molecule has 0 saturated heterocycles. The van der Waals surface area contributed by atoms with Gasteiger partial charge in [-0.1, -0.05) is 0 Å². The predicted octanol–water partition coefficient (Wildman–Crippen LogP) is 5.10. The van der Waals surface area contributed by atoms with E-state index >= 15 is 0 Å². The number of Topliss-reactive ketones (excluding diaryl/α,β-unsaturated/α-hetero) is 1. The van der Waals surface area contributed by atoms with Crippen molar-refractivity contribution in [3.05, 3.63) is 104 Å². The lowest BCUT2D eigenvalue weighted by Crippen LogP contribution is -2.04. The number of nitrogens with zero attached hydrogens (tertiary/aromatic N) is 4. The number of nitriles is 4. The fourth-order valence-corrected chi connectivity index (χ4v) is 4.71. The second-order valence-electron chi connectivity index (χ2n) is 8.33. The Morgan fingerprint density at radius 3 is 1.71 bits per heavy atom. The molecule has 180 valence electrons. The first kappa shape index (κ1) is 24.2. The van der Waals surface area contributed by atoms with Gasteiger partial charge in [-0.25, -0.2) is 17.6 Å². The number of aliphatic hydroxyl groups excluding tert-OH is 1. The van der Waals surface area contributed by atoms with Gasteiger partial charge >= 0.3 is 0 Å². The van der Waals surface area contributed by atoms with Gasteiger partial charge in [0.05, 0.1) is 27.8 Å². The molecule has 1 unspecified atom stereocenters. The summed E-state index contributed by atoms with van der Waals surface area (Å²) in [6.45, 7) is 0. The van der Waals surface area contributed by atoms with E-state index in [9.17, 15) is 38.0 Å². The second-order valence-corrected chi connectivity index (χ2v) is 8.33. The van der Waals surface area contributed by atoms with Gasteiger partial charge in [0.1, 0.15) is 53.6 Å². The first-order valence-corrected chi connectivity index (χ1v) is 10.7. The van der Waals surface area contributed by atoms with Gasteiger partial charge in [0.25, 0.3) is 0 Å². The standard InChI is InChI=1S/C28H8F4N4O2/c29-21-5-17(23(31)1-11(21)7-33)25-19(9-35)13-3-16-14(4-15(13)27(25)37)20(10-36)26(28(16)38)18-6-22(30)12(8-34)2-24(18)32/h1-6,27,37H. The maximum Gasteiger partial charge on any atom is 0.195 e. The molecule has 0 heterocycles. The Hall–Kier alpha value is -5.55. The largest absolute Gasteiger partial charge is 0.384 e. The van der Waals surface area contributed by atoms with Crippen LogP contribution in [0.25, 0.3) is 22.3 Å². The normalized spacial score (nSPS) is 15.5. The number of allylic oxidation sites excluding steroid dienone is 3. The second kappa shape index (κ2) is 8.54. The summed E-state index contributed by atoms with van der Waals surface area (Å²) in [7, 11) is 0. The lowest BCUT2D eigenvalue weighted by molar-refractivity contribution is 0.105. The van der Waals surface area contributed by atoms with Gasteiger partial charge in [0, 0.05) is 27.8 Å². The number of hydrogen-bond acceptors (Lipinski definition) is 6. The fourth-order valence-electron chi connectivity index (χ4n) is 4.71. The van der Waals surface area contributed by atoms with Crippen molar-refractivity contribution in [3.8, 4) is 24.3 Å². The molecule has 2 aliphatic carbocycles. The van der Waals surface area contributed by atoms with Gasteiger partial charge in [0.2, 0.25) is 0 Å². The maximum atomic E-state index is 14.8. The van der Waals surface area contributed by atoms with E-state index in [-0.39, 0.29) is 39.0 Å². The first-order valence-electron chi connectivity index (χ1n) is 10.7. The van der Waals surface area contributed by atoms with Crippen LogP contribution in [0.2, 0.25) is 0 Å². The van der Waals surface area contributed by atoms with Crippen LogP contribution in [0.1, 0.15) is 55.4 Å². The highest BCUT2D eigenvalue weighted by molar-refractivity contribution is 6.41. The summed E-state index contributed by atoms with van der Waals surface area (Å²) in [6.07, 6.45) is -1.69. The molecular formula is C28H8F4N4O2. The van der Waals surface area contributed by atoms with Crippen molar-refractivity contribution in [3.63, 3.8) is 0 Å². The van der Waals surface area contributed by atoms with E-state index in [1.807, 2.05) is 6.07 Å². The topological polar surface area (TPSA) is 132 Å². The van der Waals surface area contributed by atoms with E-state index in [0.29, 0.717) is 24.3 Å². The molecule has 3 aromatic carbocycles. The van der Waals surface area contributed by atoms with Crippen LogP contribution >= 0.6 is 0 Å². The van der Waals surface area contributed by atoms with Crippen molar-refractivity contribution >= 4 is 28.1 Å². The number of aliphatic hydroxyl groups is 1. The number of carbonyl (C=O) groups is 1. The van der Waals surface area contributed by atoms with Gasteiger partial charge in [-0.2, -0.15) is 21.0 Å². The Morgan fingerprint density at radius 1 is 0.605 bits per heavy atom. The van der Waals surface area contributed by atoms with Crippen molar-refractivity contribution in [1.82, 2.24) is 0 Å². The molecule has 38 heavy (non-hydrogen) atoms. The van der Waals surface area contributed by atoms with Crippen molar-refractivity contribution < 1.29 is 27.5 Å². The van der Waals surface area contributed by atoms with Crippen molar-refractivity contribution in [2.24, 2.45) is 0 Å². The summed E-state index contributed by atoms with van der Waals surface area (Å²) in [6, 6.07) is 11.5. The van der Waals surface area contributed by atoms with Gasteiger partial charge in [0.15, 0.2) is 5.78 Å². The molecule has 0 saturated carbocycles. The third-order valence-corrected chi connectivity index (χ3v) is 6.42. The lowest BCUT2D eigenvalue weighted by Gasteiger charge is -2.13. The Labute approximate surface area is 211 Å². The molecule has 0 spiro atoms. The zero-order valence-electron chi connectivity index (χ0n) is 18.7. The minimum absolute atomic E-state index is 0.00344. The third-order valence-electron chi connectivity index (χ3n) is 6.42. The number of hydrogen-bond donors (Lipinski definition) is 1. The molecule has 2 aliphatic rings. The third kappa shape index (κ3) is 3.23.